The lowest BCUT2D eigenvalue weighted by molar-refractivity contribution is 0.0950. The van der Waals surface area contributed by atoms with Crippen LogP contribution in [0.3, 0.4) is 0 Å². The molecular weight excluding hydrogens is 356 g/mol. The Hall–Kier alpha value is -3.74. The van der Waals surface area contributed by atoms with Crippen molar-refractivity contribution in [1.29, 1.82) is 0 Å². The van der Waals surface area contributed by atoms with Crippen molar-refractivity contribution in [2.45, 2.75) is 13.5 Å². The van der Waals surface area contributed by atoms with E-state index in [9.17, 15) is 9.59 Å². The fourth-order valence-corrected chi connectivity index (χ4v) is 2.59. The average molecular weight is 376 g/mol. The number of carbonyl (C=O) groups excluding carboxylic acids is 2. The number of hydrogen-bond acceptors (Lipinski definition) is 5. The number of ether oxygens (including phenoxy) is 1. The van der Waals surface area contributed by atoms with Crippen LogP contribution in [-0.2, 0) is 6.54 Å². The SMILES string of the molecule is COc1ccc(C)cc1NC(=O)c1cc(C(=O)NCc2cccnc2)ccn1. The van der Waals surface area contributed by atoms with Gasteiger partial charge in [-0.25, -0.2) is 0 Å². The second kappa shape index (κ2) is 8.77. The molecule has 0 spiro atoms. The van der Waals surface area contributed by atoms with E-state index in [4.69, 9.17) is 4.74 Å². The predicted molar refractivity (Wildman–Crippen MR) is 105 cm³/mol. The number of aromatic nitrogens is 2. The normalized spacial score (nSPS) is 10.2. The summed E-state index contributed by atoms with van der Waals surface area (Å²) in [5.41, 5.74) is 2.89. The van der Waals surface area contributed by atoms with Crippen molar-refractivity contribution in [1.82, 2.24) is 15.3 Å². The molecule has 28 heavy (non-hydrogen) atoms. The van der Waals surface area contributed by atoms with Crippen molar-refractivity contribution in [2.75, 3.05) is 12.4 Å². The summed E-state index contributed by atoms with van der Waals surface area (Å²) in [6.07, 6.45) is 4.78. The van der Waals surface area contributed by atoms with Gasteiger partial charge in [-0.15, -0.1) is 0 Å². The van der Waals surface area contributed by atoms with Crippen molar-refractivity contribution in [3.63, 3.8) is 0 Å². The van der Waals surface area contributed by atoms with Crippen LogP contribution in [0, 0.1) is 6.92 Å². The molecule has 0 saturated heterocycles. The Balaban J connectivity index is 1.71. The molecule has 2 N–H and O–H groups in total. The number of nitrogens with one attached hydrogen (secondary N) is 2. The summed E-state index contributed by atoms with van der Waals surface area (Å²) in [6.45, 7) is 2.26. The van der Waals surface area contributed by atoms with Crippen LogP contribution >= 0.6 is 0 Å². The van der Waals surface area contributed by atoms with Crippen LogP contribution in [0.25, 0.3) is 0 Å². The highest BCUT2D eigenvalue weighted by Gasteiger charge is 2.14. The van der Waals surface area contributed by atoms with Crippen LogP contribution in [-0.4, -0.2) is 28.9 Å². The van der Waals surface area contributed by atoms with Crippen LogP contribution in [0.15, 0.2) is 61.1 Å². The molecule has 0 radical (unpaired) electrons. The molecule has 0 aliphatic heterocycles. The summed E-state index contributed by atoms with van der Waals surface area (Å²) in [5, 5.41) is 5.57. The lowest BCUT2D eigenvalue weighted by Gasteiger charge is -2.11. The van der Waals surface area contributed by atoms with E-state index in [-0.39, 0.29) is 11.6 Å². The minimum atomic E-state index is -0.425. The number of rotatable bonds is 6. The number of carbonyl (C=O) groups is 2. The Morgan fingerprint density at radius 2 is 1.93 bits per heavy atom. The van der Waals surface area contributed by atoms with Gasteiger partial charge in [0.1, 0.15) is 11.4 Å². The molecule has 0 fully saturated rings. The van der Waals surface area contributed by atoms with Gasteiger partial charge >= 0.3 is 0 Å². The lowest BCUT2D eigenvalue weighted by Crippen LogP contribution is -2.23. The van der Waals surface area contributed by atoms with E-state index in [1.807, 2.05) is 19.1 Å². The minimum Gasteiger partial charge on any atom is -0.495 e. The number of aryl methyl sites for hydroxylation is 1. The fraction of sp³-hybridized carbons (Fsp3) is 0.143. The first-order chi connectivity index (χ1) is 13.6. The number of hydrogen-bond donors (Lipinski definition) is 2. The molecule has 0 aliphatic rings. The van der Waals surface area contributed by atoms with Crippen LogP contribution in [0.4, 0.5) is 5.69 Å². The zero-order valence-corrected chi connectivity index (χ0v) is 15.6. The number of nitrogens with zero attached hydrogens (tertiary/aromatic N) is 2. The molecule has 3 rings (SSSR count). The Kier molecular flexibility index (Phi) is 5.96. The molecule has 0 saturated carbocycles. The topological polar surface area (TPSA) is 93.2 Å². The van der Waals surface area contributed by atoms with Gasteiger partial charge in [0.05, 0.1) is 12.8 Å². The first-order valence-corrected chi connectivity index (χ1v) is 8.66. The van der Waals surface area contributed by atoms with Crippen molar-refractivity contribution < 1.29 is 14.3 Å². The van der Waals surface area contributed by atoms with Gasteiger partial charge in [-0.05, 0) is 48.4 Å². The quantitative estimate of drug-likeness (QED) is 0.690. The van der Waals surface area contributed by atoms with Crippen LogP contribution in [0.1, 0.15) is 32.0 Å². The third kappa shape index (κ3) is 4.70. The van der Waals surface area contributed by atoms with Gasteiger partial charge in [0.15, 0.2) is 0 Å². The van der Waals surface area contributed by atoms with Gasteiger partial charge in [-0.1, -0.05) is 12.1 Å². The van der Waals surface area contributed by atoms with E-state index in [1.54, 1.807) is 36.7 Å². The van der Waals surface area contributed by atoms with E-state index in [0.717, 1.165) is 11.1 Å². The van der Waals surface area contributed by atoms with Crippen LogP contribution in [0.5, 0.6) is 5.75 Å². The van der Waals surface area contributed by atoms with Gasteiger partial charge in [0, 0.05) is 30.7 Å². The van der Waals surface area contributed by atoms with Gasteiger partial charge < -0.3 is 15.4 Å². The number of methoxy groups -OCH3 is 1. The maximum Gasteiger partial charge on any atom is 0.274 e. The number of amides is 2. The summed E-state index contributed by atoms with van der Waals surface area (Å²) < 4.78 is 5.27. The average Bonchev–Trinajstić information content (AvgIpc) is 2.73. The predicted octanol–water partition coefficient (Wildman–Crippen LogP) is 2.98. The van der Waals surface area contributed by atoms with Crippen molar-refractivity contribution in [3.05, 3.63) is 83.4 Å². The van der Waals surface area contributed by atoms with Crippen LogP contribution < -0.4 is 15.4 Å². The zero-order chi connectivity index (χ0) is 19.9. The standard InChI is InChI=1S/C21H20N4O3/c1-14-5-6-19(28-2)17(10-14)25-21(27)18-11-16(7-9-23-18)20(26)24-13-15-4-3-8-22-12-15/h3-12H,13H2,1-2H3,(H,24,26)(H,25,27). The molecule has 3 aromatic rings. The van der Waals surface area contributed by atoms with Gasteiger partial charge in [-0.2, -0.15) is 0 Å². The number of anilines is 1. The third-order valence-electron chi connectivity index (χ3n) is 4.03. The molecule has 0 unspecified atom stereocenters. The monoisotopic (exact) mass is 376 g/mol. The molecule has 0 aliphatic carbocycles. The smallest absolute Gasteiger partial charge is 0.274 e. The second-order valence-electron chi connectivity index (χ2n) is 6.13. The van der Waals surface area contributed by atoms with Crippen molar-refractivity contribution in [3.8, 4) is 5.75 Å². The van der Waals surface area contributed by atoms with E-state index in [1.165, 1.54) is 19.4 Å². The van der Waals surface area contributed by atoms with Crippen LogP contribution in [0.2, 0.25) is 0 Å². The Bertz CT molecular complexity index is 990. The molecule has 2 amide bonds. The summed E-state index contributed by atoms with van der Waals surface area (Å²) in [4.78, 5) is 33.0. The highest BCUT2D eigenvalue weighted by molar-refractivity contribution is 6.05. The largest absolute Gasteiger partial charge is 0.495 e. The molecule has 1 aromatic carbocycles. The number of benzene rings is 1. The van der Waals surface area contributed by atoms with Gasteiger partial charge in [0.25, 0.3) is 11.8 Å². The summed E-state index contributed by atoms with van der Waals surface area (Å²) in [5.74, 6) is -0.177. The van der Waals surface area contributed by atoms with E-state index < -0.39 is 5.91 Å². The first-order valence-electron chi connectivity index (χ1n) is 8.66. The molecule has 0 bridgehead atoms. The lowest BCUT2D eigenvalue weighted by atomic mass is 10.1. The minimum absolute atomic E-state index is 0.137. The molecule has 2 aromatic heterocycles. The van der Waals surface area contributed by atoms with Gasteiger partial charge in [0.2, 0.25) is 0 Å². The van der Waals surface area contributed by atoms with E-state index in [0.29, 0.717) is 23.5 Å². The van der Waals surface area contributed by atoms with Gasteiger partial charge in [-0.3, -0.25) is 19.6 Å². The maximum atomic E-state index is 12.6. The molecule has 142 valence electrons. The Morgan fingerprint density at radius 3 is 2.68 bits per heavy atom. The van der Waals surface area contributed by atoms with Crippen molar-refractivity contribution >= 4 is 17.5 Å². The third-order valence-corrected chi connectivity index (χ3v) is 4.03. The molecule has 7 heteroatoms. The Morgan fingerprint density at radius 1 is 1.07 bits per heavy atom. The summed E-state index contributed by atoms with van der Waals surface area (Å²) in [7, 11) is 1.53. The summed E-state index contributed by atoms with van der Waals surface area (Å²) >= 11 is 0. The second-order valence-corrected chi connectivity index (χ2v) is 6.13. The highest BCUT2D eigenvalue weighted by Crippen LogP contribution is 2.25. The highest BCUT2D eigenvalue weighted by atomic mass is 16.5. The zero-order valence-electron chi connectivity index (χ0n) is 15.6. The molecule has 7 nitrogen and oxygen atoms in total. The van der Waals surface area contributed by atoms with E-state index >= 15 is 0 Å². The maximum absolute atomic E-state index is 12.6. The fourth-order valence-electron chi connectivity index (χ4n) is 2.59. The summed E-state index contributed by atoms with van der Waals surface area (Å²) in [6, 6.07) is 12.2. The number of pyridine rings is 2. The molecule has 0 atom stereocenters. The molecular formula is C21H20N4O3. The van der Waals surface area contributed by atoms with Crippen molar-refractivity contribution in [2.24, 2.45) is 0 Å². The van der Waals surface area contributed by atoms with E-state index in [2.05, 4.69) is 20.6 Å². The Labute approximate surface area is 162 Å². The molecule has 2 heterocycles. The first kappa shape index (κ1) is 19.0.